The van der Waals surface area contributed by atoms with E-state index in [1.54, 1.807) is 5.01 Å². The van der Waals surface area contributed by atoms with Crippen molar-refractivity contribution < 1.29 is 13.8 Å². The fourth-order valence-electron chi connectivity index (χ4n) is 8.61. The first-order valence-corrected chi connectivity index (χ1v) is 20.7. The third kappa shape index (κ3) is 5.41. The number of hydrazone groups is 1. The van der Waals surface area contributed by atoms with E-state index in [2.05, 4.69) is 115 Å². The van der Waals surface area contributed by atoms with Crippen LogP contribution in [0.25, 0.3) is 0 Å². The number of amides is 1. The molecule has 48 heavy (non-hydrogen) atoms. The van der Waals surface area contributed by atoms with Crippen LogP contribution < -0.4 is 5.01 Å². The zero-order valence-electron chi connectivity index (χ0n) is 28.6. The first kappa shape index (κ1) is 32.2. The number of carbonyl (C=O) groups excluding carboxylic acids is 1. The molecule has 3 unspecified atom stereocenters. The van der Waals surface area contributed by atoms with Crippen LogP contribution in [0.15, 0.2) is 139 Å². The van der Waals surface area contributed by atoms with Crippen LogP contribution >= 0.6 is 0 Å². The van der Waals surface area contributed by atoms with Gasteiger partial charge in [0.15, 0.2) is 20.0 Å². The lowest BCUT2D eigenvalue weighted by Gasteiger charge is -2.42. The van der Waals surface area contributed by atoms with Gasteiger partial charge in [0, 0.05) is 18.8 Å². The third-order valence-electron chi connectivity index (χ3n) is 10.5. The summed E-state index contributed by atoms with van der Waals surface area (Å²) in [6.07, 6.45) is 5.04. The van der Waals surface area contributed by atoms with E-state index in [9.17, 15) is 4.79 Å². The second-order valence-electron chi connectivity index (χ2n) is 14.6. The van der Waals surface area contributed by atoms with Crippen molar-refractivity contribution in [2.45, 2.75) is 63.4 Å². The summed E-state index contributed by atoms with van der Waals surface area (Å²) in [6.45, 7) is 14.5. The summed E-state index contributed by atoms with van der Waals surface area (Å²) in [5, 5.41) is 6.56. The van der Waals surface area contributed by atoms with Crippen molar-refractivity contribution in [1.29, 1.82) is 0 Å². The number of nitrogens with zero attached hydrogens (tertiary/aromatic N) is 3. The third-order valence-corrected chi connectivity index (χ3v) is 11.4. The highest BCUT2D eigenvalue weighted by molar-refractivity contribution is 6.69. The summed E-state index contributed by atoms with van der Waals surface area (Å²) in [4.78, 5) is 14.7. The lowest BCUT2D eigenvalue weighted by molar-refractivity contribution is -0.559. The van der Waals surface area contributed by atoms with E-state index >= 15 is 0 Å². The van der Waals surface area contributed by atoms with Gasteiger partial charge in [-0.3, -0.25) is 4.79 Å². The van der Waals surface area contributed by atoms with E-state index in [4.69, 9.17) is 16.1 Å². The van der Waals surface area contributed by atoms with Crippen molar-refractivity contribution in [2.75, 3.05) is 11.6 Å². The summed E-state index contributed by atoms with van der Waals surface area (Å²) >= 11 is 0. The van der Waals surface area contributed by atoms with Crippen molar-refractivity contribution in [3.8, 4) is 0 Å². The molecule has 2 aliphatic heterocycles. The van der Waals surface area contributed by atoms with Gasteiger partial charge in [-0.25, -0.2) is 4.58 Å². The predicted molar refractivity (Wildman–Crippen MR) is 198 cm³/mol. The summed E-state index contributed by atoms with van der Waals surface area (Å²) in [6, 6.07) is 42.0. The highest BCUT2D eigenvalue weighted by atomic mass is 28.4. The predicted octanol–water partition coefficient (Wildman–Crippen LogP) is 8.80. The lowest BCUT2D eigenvalue weighted by Crippen LogP contribution is -2.52. The van der Waals surface area contributed by atoms with Gasteiger partial charge < -0.3 is 4.43 Å². The van der Waals surface area contributed by atoms with Crippen LogP contribution in [-0.2, 0) is 14.8 Å². The Labute approximate surface area is 286 Å². The van der Waals surface area contributed by atoms with Crippen LogP contribution in [0, 0.1) is 11.3 Å². The van der Waals surface area contributed by atoms with Crippen molar-refractivity contribution in [1.82, 2.24) is 0 Å². The average Bonchev–Trinajstić information content (AvgIpc) is 3.76. The summed E-state index contributed by atoms with van der Waals surface area (Å²) in [7, 11) is -2.09. The fourth-order valence-corrected chi connectivity index (χ4v) is 9.95. The molecule has 0 aromatic heterocycles. The van der Waals surface area contributed by atoms with Gasteiger partial charge in [-0.15, -0.1) is 0 Å². The van der Waals surface area contributed by atoms with Crippen molar-refractivity contribution in [3.63, 3.8) is 0 Å². The first-order chi connectivity index (χ1) is 23.1. The molecule has 1 spiro atoms. The number of hydrogen-bond acceptors (Lipinski definition) is 3. The molecule has 4 aromatic rings. The molecule has 1 amide bonds. The minimum absolute atomic E-state index is 0.0278. The smallest absolute Gasteiger partial charge is 0.260 e. The molecule has 1 aliphatic carbocycles. The molecule has 3 aliphatic rings. The fraction of sp³-hybridized carbons (Fsp3) is 0.310. The largest absolute Gasteiger partial charge is 0.399 e. The van der Waals surface area contributed by atoms with E-state index in [0.29, 0.717) is 6.42 Å². The molecule has 4 atom stereocenters. The lowest BCUT2D eigenvalue weighted by atomic mass is 9.69. The highest BCUT2D eigenvalue weighted by Gasteiger charge is 2.63. The Morgan fingerprint density at radius 3 is 1.98 bits per heavy atom. The Bertz CT molecular complexity index is 1810. The summed E-state index contributed by atoms with van der Waals surface area (Å²) < 4.78 is 10.0. The zero-order chi connectivity index (χ0) is 33.5. The van der Waals surface area contributed by atoms with Crippen molar-refractivity contribution in [3.05, 3.63) is 150 Å². The topological polar surface area (TPSA) is 44.9 Å². The van der Waals surface area contributed by atoms with Crippen LogP contribution in [0.3, 0.4) is 0 Å². The van der Waals surface area contributed by atoms with Gasteiger partial charge >= 0.3 is 0 Å². The molecular weight excluding hydrogens is 607 g/mol. The minimum atomic E-state index is -2.09. The molecule has 2 heterocycles. The Kier molecular flexibility index (Phi) is 8.42. The first-order valence-electron chi connectivity index (χ1n) is 17.2. The molecule has 0 N–H and O–H groups in total. The number of para-hydroxylation sites is 1. The van der Waals surface area contributed by atoms with E-state index in [-0.39, 0.29) is 23.8 Å². The second kappa shape index (κ2) is 12.6. The van der Waals surface area contributed by atoms with Crippen molar-refractivity contribution in [2.24, 2.45) is 16.4 Å². The maximum atomic E-state index is 14.7. The maximum absolute atomic E-state index is 14.7. The Morgan fingerprint density at radius 1 is 0.875 bits per heavy atom. The SMILES string of the molecule is C=C1CC2(C(=O)N(c3ccccc3)N=C2C)C(c2ccccc2)C1C=[N+]1CCC[C@H]1C(O[Si](C)(C)C)(c1ccccc1)c1ccccc1. The zero-order valence-corrected chi connectivity index (χ0v) is 29.6. The van der Waals surface area contributed by atoms with Crippen LogP contribution in [-0.4, -0.2) is 43.3 Å². The van der Waals surface area contributed by atoms with Crippen molar-refractivity contribution >= 4 is 31.8 Å². The Hall–Kier alpha value is -4.39. The number of anilines is 1. The summed E-state index contributed by atoms with van der Waals surface area (Å²) in [5.41, 5.74) is 4.74. The molecule has 1 saturated carbocycles. The normalized spacial score (nSPS) is 25.3. The molecule has 1 saturated heterocycles. The minimum Gasteiger partial charge on any atom is -0.399 e. The van der Waals surface area contributed by atoms with E-state index in [1.165, 1.54) is 11.1 Å². The number of hydrogen-bond donors (Lipinski definition) is 0. The van der Waals surface area contributed by atoms with Crippen LogP contribution in [0.1, 0.15) is 48.8 Å². The van der Waals surface area contributed by atoms with E-state index < -0.39 is 19.3 Å². The molecule has 7 rings (SSSR count). The Morgan fingerprint density at radius 2 is 1.42 bits per heavy atom. The quantitative estimate of drug-likeness (QED) is 0.109. The van der Waals surface area contributed by atoms with Gasteiger partial charge in [0.25, 0.3) is 5.91 Å². The average molecular weight is 653 g/mol. The number of allylic oxidation sites excluding steroid dienone is 1. The number of benzene rings is 4. The molecule has 0 bridgehead atoms. The molecular formula is C42H46N3O2Si+. The number of carbonyl (C=O) groups is 1. The van der Waals surface area contributed by atoms with Gasteiger partial charge in [-0.2, -0.15) is 10.1 Å². The van der Waals surface area contributed by atoms with E-state index in [0.717, 1.165) is 41.9 Å². The highest BCUT2D eigenvalue weighted by Crippen LogP contribution is 2.58. The molecule has 4 aromatic carbocycles. The number of rotatable bonds is 8. The maximum Gasteiger partial charge on any atom is 0.260 e. The van der Waals surface area contributed by atoms with Crippen LogP contribution in [0.2, 0.25) is 19.6 Å². The van der Waals surface area contributed by atoms with Gasteiger partial charge in [0.1, 0.15) is 18.2 Å². The Balaban J connectivity index is 1.38. The van der Waals surface area contributed by atoms with E-state index in [1.807, 2.05) is 43.3 Å². The van der Waals surface area contributed by atoms with Crippen LogP contribution in [0.4, 0.5) is 5.69 Å². The standard InChI is InChI=1S/C42H46N3O2Si/c1-31-29-41(32(2)43-45(40(41)46)36-25-16-9-17-26-36)39(33-19-10-6-11-20-33)37(31)30-44-28-18-27-38(44)42(47-48(3,4)5,34-21-12-7-13-22-34)35-23-14-8-15-24-35/h6-17,19-26,30,37-39H,1,18,27-29H2,2-5H3/q+1/t37?,38-,39?,41?/m0/s1. The van der Waals surface area contributed by atoms with Crippen LogP contribution in [0.5, 0.6) is 0 Å². The second-order valence-corrected chi connectivity index (χ2v) is 19.0. The molecule has 0 radical (unpaired) electrons. The molecule has 5 nitrogen and oxygen atoms in total. The molecule has 6 heteroatoms. The van der Waals surface area contributed by atoms with Gasteiger partial charge in [0.05, 0.1) is 17.3 Å². The monoisotopic (exact) mass is 652 g/mol. The van der Waals surface area contributed by atoms with Gasteiger partial charge in [-0.05, 0) is 61.8 Å². The molecule has 244 valence electrons. The van der Waals surface area contributed by atoms with Gasteiger partial charge in [0.2, 0.25) is 0 Å². The molecule has 2 fully saturated rings. The van der Waals surface area contributed by atoms with Gasteiger partial charge in [-0.1, -0.05) is 121 Å². The summed E-state index contributed by atoms with van der Waals surface area (Å²) in [5.74, 6) is -0.174.